The molecule has 0 fully saturated rings. The van der Waals surface area contributed by atoms with Gasteiger partial charge in [-0.05, 0) is 43.7 Å². The maximum atomic E-state index is 12.9. The van der Waals surface area contributed by atoms with E-state index >= 15 is 0 Å². The van der Waals surface area contributed by atoms with Crippen molar-refractivity contribution in [2.24, 2.45) is 0 Å². The van der Waals surface area contributed by atoms with Crippen molar-refractivity contribution in [3.63, 3.8) is 0 Å². The van der Waals surface area contributed by atoms with E-state index in [4.69, 9.17) is 4.42 Å². The SMILES string of the molecule is CN(C)Cc1cc2c(o1)CCN(C(=O)c1ccc(C(=O)c3cccs3)cc1)C2. The van der Waals surface area contributed by atoms with Crippen molar-refractivity contribution in [1.82, 2.24) is 9.80 Å². The van der Waals surface area contributed by atoms with Crippen molar-refractivity contribution in [1.29, 1.82) is 0 Å². The lowest BCUT2D eigenvalue weighted by Crippen LogP contribution is -2.35. The molecule has 4 rings (SSSR count). The maximum absolute atomic E-state index is 12.9. The van der Waals surface area contributed by atoms with Gasteiger partial charge in [0.15, 0.2) is 0 Å². The lowest BCUT2D eigenvalue weighted by Gasteiger charge is -2.26. The number of hydrogen-bond donors (Lipinski definition) is 0. The van der Waals surface area contributed by atoms with E-state index in [0.717, 1.165) is 30.0 Å². The Morgan fingerprint density at radius 1 is 1.14 bits per heavy atom. The Kier molecular flexibility index (Phi) is 5.15. The molecule has 0 bridgehead atoms. The predicted molar refractivity (Wildman–Crippen MR) is 109 cm³/mol. The van der Waals surface area contributed by atoms with Crippen molar-refractivity contribution >= 4 is 23.0 Å². The first-order chi connectivity index (χ1) is 13.5. The number of rotatable bonds is 5. The van der Waals surface area contributed by atoms with E-state index in [9.17, 15) is 9.59 Å². The molecule has 0 spiro atoms. The highest BCUT2D eigenvalue weighted by Gasteiger charge is 2.25. The van der Waals surface area contributed by atoms with Crippen LogP contribution in [0.15, 0.2) is 52.3 Å². The molecule has 1 aliphatic rings. The molecular formula is C22H22N2O3S. The maximum Gasteiger partial charge on any atom is 0.254 e. The zero-order chi connectivity index (χ0) is 19.7. The first kappa shape index (κ1) is 18.7. The normalized spacial score (nSPS) is 13.6. The average molecular weight is 394 g/mol. The predicted octanol–water partition coefficient (Wildman–Crippen LogP) is 3.83. The van der Waals surface area contributed by atoms with E-state index < -0.39 is 0 Å². The summed E-state index contributed by atoms with van der Waals surface area (Å²) in [7, 11) is 4.01. The van der Waals surface area contributed by atoms with Gasteiger partial charge in [0.1, 0.15) is 11.5 Å². The van der Waals surface area contributed by atoms with Crippen LogP contribution in [-0.4, -0.2) is 42.1 Å². The van der Waals surface area contributed by atoms with Crippen LogP contribution >= 0.6 is 11.3 Å². The highest BCUT2D eigenvalue weighted by atomic mass is 32.1. The van der Waals surface area contributed by atoms with Crippen LogP contribution in [0.3, 0.4) is 0 Å². The van der Waals surface area contributed by atoms with Gasteiger partial charge in [0.2, 0.25) is 5.78 Å². The minimum atomic E-state index is -0.0175. The molecule has 144 valence electrons. The molecule has 2 aromatic heterocycles. The molecule has 3 heterocycles. The number of fused-ring (bicyclic) bond motifs is 1. The van der Waals surface area contributed by atoms with Crippen LogP contribution in [0.5, 0.6) is 0 Å². The van der Waals surface area contributed by atoms with Crippen molar-refractivity contribution < 1.29 is 14.0 Å². The first-order valence-electron chi connectivity index (χ1n) is 9.24. The summed E-state index contributed by atoms with van der Waals surface area (Å²) in [6.07, 6.45) is 0.726. The lowest BCUT2D eigenvalue weighted by atomic mass is 10.0. The number of carbonyl (C=O) groups is 2. The van der Waals surface area contributed by atoms with Gasteiger partial charge in [-0.3, -0.25) is 9.59 Å². The molecule has 1 aromatic carbocycles. The Balaban J connectivity index is 1.46. The minimum absolute atomic E-state index is 0.0107. The van der Waals surface area contributed by atoms with Crippen LogP contribution in [0.4, 0.5) is 0 Å². The minimum Gasteiger partial charge on any atom is -0.464 e. The third-order valence-corrected chi connectivity index (χ3v) is 5.68. The Morgan fingerprint density at radius 2 is 1.89 bits per heavy atom. The third-order valence-electron chi connectivity index (χ3n) is 4.82. The summed E-state index contributed by atoms with van der Waals surface area (Å²) < 4.78 is 5.91. The number of ketones is 1. The summed E-state index contributed by atoms with van der Waals surface area (Å²) in [6, 6.07) is 12.7. The molecule has 0 unspecified atom stereocenters. The van der Waals surface area contributed by atoms with Crippen LogP contribution in [0.2, 0.25) is 0 Å². The van der Waals surface area contributed by atoms with E-state index in [0.29, 0.717) is 29.1 Å². The number of carbonyl (C=O) groups excluding carboxylic acids is 2. The fourth-order valence-electron chi connectivity index (χ4n) is 3.45. The second-order valence-corrected chi connectivity index (χ2v) is 8.21. The van der Waals surface area contributed by atoms with Gasteiger partial charge in [0.05, 0.1) is 11.4 Å². The topological polar surface area (TPSA) is 53.8 Å². The number of amides is 1. The monoisotopic (exact) mass is 394 g/mol. The number of thiophene rings is 1. The molecular weight excluding hydrogens is 372 g/mol. The molecule has 0 N–H and O–H groups in total. The summed E-state index contributed by atoms with van der Waals surface area (Å²) >= 11 is 1.42. The van der Waals surface area contributed by atoms with E-state index in [1.807, 2.05) is 36.5 Å². The van der Waals surface area contributed by atoms with E-state index in [2.05, 4.69) is 11.0 Å². The molecule has 6 heteroatoms. The molecule has 0 saturated heterocycles. The average Bonchev–Trinajstić information content (AvgIpc) is 3.35. The van der Waals surface area contributed by atoms with Crippen LogP contribution < -0.4 is 0 Å². The number of nitrogens with zero attached hydrogens (tertiary/aromatic N) is 2. The smallest absolute Gasteiger partial charge is 0.254 e. The highest BCUT2D eigenvalue weighted by molar-refractivity contribution is 7.12. The summed E-state index contributed by atoms with van der Waals surface area (Å²) in [5.74, 6) is 1.89. The molecule has 1 aliphatic heterocycles. The number of hydrogen-bond acceptors (Lipinski definition) is 5. The van der Waals surface area contributed by atoms with Gasteiger partial charge >= 0.3 is 0 Å². The van der Waals surface area contributed by atoms with Gasteiger partial charge in [-0.25, -0.2) is 0 Å². The fourth-order valence-corrected chi connectivity index (χ4v) is 4.14. The largest absolute Gasteiger partial charge is 0.464 e. The summed E-state index contributed by atoms with van der Waals surface area (Å²) in [5, 5.41) is 1.88. The highest BCUT2D eigenvalue weighted by Crippen LogP contribution is 2.25. The zero-order valence-corrected chi connectivity index (χ0v) is 16.8. The molecule has 0 saturated carbocycles. The molecule has 0 aliphatic carbocycles. The van der Waals surface area contributed by atoms with Crippen molar-refractivity contribution in [3.05, 3.63) is 80.9 Å². The Bertz CT molecular complexity index is 987. The second kappa shape index (κ2) is 7.73. The Labute approximate surface area is 168 Å². The van der Waals surface area contributed by atoms with E-state index in [1.165, 1.54) is 11.3 Å². The Hall–Kier alpha value is -2.70. The Morgan fingerprint density at radius 3 is 2.57 bits per heavy atom. The molecule has 28 heavy (non-hydrogen) atoms. The molecule has 0 radical (unpaired) electrons. The molecule has 3 aromatic rings. The van der Waals surface area contributed by atoms with Crippen LogP contribution in [0, 0.1) is 0 Å². The lowest BCUT2D eigenvalue weighted by molar-refractivity contribution is 0.0729. The van der Waals surface area contributed by atoms with Gasteiger partial charge in [-0.2, -0.15) is 0 Å². The van der Waals surface area contributed by atoms with E-state index in [1.54, 1.807) is 24.3 Å². The second-order valence-electron chi connectivity index (χ2n) is 7.26. The van der Waals surface area contributed by atoms with Crippen molar-refractivity contribution in [2.75, 3.05) is 20.6 Å². The van der Waals surface area contributed by atoms with Crippen LogP contribution in [-0.2, 0) is 19.5 Å². The van der Waals surface area contributed by atoms with Crippen molar-refractivity contribution in [2.45, 2.75) is 19.5 Å². The fraction of sp³-hybridized carbons (Fsp3) is 0.273. The summed E-state index contributed by atoms with van der Waals surface area (Å²) in [6.45, 7) is 1.94. The molecule has 0 atom stereocenters. The quantitative estimate of drug-likeness (QED) is 0.617. The van der Waals surface area contributed by atoms with Crippen molar-refractivity contribution in [3.8, 4) is 0 Å². The number of furan rings is 1. The zero-order valence-electron chi connectivity index (χ0n) is 16.0. The van der Waals surface area contributed by atoms with Gasteiger partial charge in [0, 0.05) is 36.2 Å². The van der Waals surface area contributed by atoms with E-state index in [-0.39, 0.29) is 11.7 Å². The summed E-state index contributed by atoms with van der Waals surface area (Å²) in [4.78, 5) is 29.9. The van der Waals surface area contributed by atoms with Crippen LogP contribution in [0.25, 0.3) is 0 Å². The van der Waals surface area contributed by atoms with Gasteiger partial charge < -0.3 is 14.2 Å². The van der Waals surface area contributed by atoms with Gasteiger partial charge in [-0.1, -0.05) is 18.2 Å². The van der Waals surface area contributed by atoms with Gasteiger partial charge in [0.25, 0.3) is 5.91 Å². The standard InChI is InChI=1S/C22H22N2O3S/c1-23(2)14-18-12-17-13-24(10-9-19(17)27-18)22(26)16-7-5-15(6-8-16)21(25)20-4-3-11-28-20/h3-8,11-12H,9-10,13-14H2,1-2H3. The first-order valence-corrected chi connectivity index (χ1v) is 10.1. The molecule has 5 nitrogen and oxygen atoms in total. The summed E-state index contributed by atoms with van der Waals surface area (Å²) in [5.41, 5.74) is 2.28. The van der Waals surface area contributed by atoms with Crippen LogP contribution in [0.1, 0.15) is 42.7 Å². The molecule has 1 amide bonds. The van der Waals surface area contributed by atoms with Gasteiger partial charge in [-0.15, -0.1) is 11.3 Å². The number of benzene rings is 1. The third kappa shape index (κ3) is 3.79.